The lowest BCUT2D eigenvalue weighted by atomic mass is 9.80. The Balaban J connectivity index is 1.71. The van der Waals surface area contributed by atoms with Gasteiger partial charge < -0.3 is 10.1 Å². The first-order valence-corrected chi connectivity index (χ1v) is 18.1. The first-order valence-electron chi connectivity index (χ1n) is 18.1. The summed E-state index contributed by atoms with van der Waals surface area (Å²) in [5.41, 5.74) is 18.1. The summed E-state index contributed by atoms with van der Waals surface area (Å²) in [6, 6.07) is 15.3. The van der Waals surface area contributed by atoms with Gasteiger partial charge in [0, 0.05) is 61.1 Å². The minimum Gasteiger partial charge on any atom is -0.409 e. The van der Waals surface area contributed by atoms with E-state index < -0.39 is 6.09 Å². The molecule has 0 saturated carbocycles. The molecule has 0 aliphatic carbocycles. The van der Waals surface area contributed by atoms with Crippen LogP contribution in [0.3, 0.4) is 0 Å². The third kappa shape index (κ3) is 7.34. The number of carbonyl (C=O) groups excluding carboxylic acids is 1. The topological polar surface area (TPSA) is 67.3 Å². The van der Waals surface area contributed by atoms with Gasteiger partial charge in [0.1, 0.15) is 5.75 Å². The van der Waals surface area contributed by atoms with E-state index in [1.54, 1.807) is 0 Å². The minimum absolute atomic E-state index is 0.371. The average Bonchev–Trinajstić information content (AvgIpc) is 3.10. The zero-order chi connectivity index (χ0) is 37.1. The number of nitrogens with one attached hydrogen (secondary N) is 1. The fraction of sp³-hybridized carbons (Fsp3) is 0.356. The Labute approximate surface area is 305 Å². The Morgan fingerprint density at radius 2 is 0.941 bits per heavy atom. The third-order valence-corrected chi connectivity index (χ3v) is 10.9. The largest absolute Gasteiger partial charge is 0.412 e. The van der Waals surface area contributed by atoms with E-state index in [0.29, 0.717) is 24.4 Å². The number of carbonyl (C=O) groups is 1. The summed E-state index contributed by atoms with van der Waals surface area (Å²) in [6.45, 7) is 27.4. The van der Waals surface area contributed by atoms with Crippen molar-refractivity contribution in [3.05, 3.63) is 112 Å². The molecule has 6 heteroatoms. The van der Waals surface area contributed by atoms with Gasteiger partial charge in [-0.2, -0.15) is 0 Å². The van der Waals surface area contributed by atoms with E-state index in [0.717, 1.165) is 62.2 Å². The molecule has 0 aliphatic heterocycles. The van der Waals surface area contributed by atoms with Crippen molar-refractivity contribution in [3.63, 3.8) is 0 Å². The van der Waals surface area contributed by atoms with Crippen LogP contribution in [0.15, 0.2) is 67.3 Å². The van der Waals surface area contributed by atoms with Gasteiger partial charge in [0.2, 0.25) is 0 Å². The lowest BCUT2D eigenvalue weighted by molar-refractivity contribution is 0.169. The molecule has 3 aromatic carbocycles. The van der Waals surface area contributed by atoms with E-state index >= 15 is 0 Å². The van der Waals surface area contributed by atoms with Crippen molar-refractivity contribution in [3.8, 4) is 50.3 Å². The van der Waals surface area contributed by atoms with Crippen LogP contribution in [0, 0.1) is 55.4 Å². The predicted octanol–water partition coefficient (Wildman–Crippen LogP) is 10.8. The molecule has 5 aromatic rings. The number of para-hydroxylation sites is 1. The van der Waals surface area contributed by atoms with Crippen LogP contribution in [-0.2, 0) is 0 Å². The van der Waals surface area contributed by atoms with E-state index in [2.05, 4.69) is 146 Å². The van der Waals surface area contributed by atoms with Gasteiger partial charge in [-0.3, -0.25) is 14.9 Å². The Morgan fingerprint density at radius 3 is 1.29 bits per heavy atom. The second kappa shape index (κ2) is 15.6. The van der Waals surface area contributed by atoms with Crippen LogP contribution < -0.4 is 10.1 Å². The van der Waals surface area contributed by atoms with Crippen molar-refractivity contribution in [2.75, 3.05) is 13.1 Å². The fourth-order valence-electron chi connectivity index (χ4n) is 7.91. The molecule has 1 amide bonds. The zero-order valence-corrected chi connectivity index (χ0v) is 32.6. The van der Waals surface area contributed by atoms with E-state index in [9.17, 15) is 4.79 Å². The monoisotopic (exact) mass is 682 g/mol. The highest BCUT2D eigenvalue weighted by molar-refractivity contribution is 5.93. The predicted molar refractivity (Wildman–Crippen MR) is 213 cm³/mol. The smallest absolute Gasteiger partial charge is 0.409 e. The Hall–Kier alpha value is -4.81. The third-order valence-electron chi connectivity index (χ3n) is 10.9. The van der Waals surface area contributed by atoms with Crippen LogP contribution in [-0.4, -0.2) is 46.1 Å². The number of aromatic nitrogens is 2. The van der Waals surface area contributed by atoms with Crippen molar-refractivity contribution < 1.29 is 9.53 Å². The zero-order valence-electron chi connectivity index (χ0n) is 32.6. The molecule has 6 nitrogen and oxygen atoms in total. The first kappa shape index (κ1) is 37.4. The molecule has 266 valence electrons. The normalized spacial score (nSPS) is 11.5. The van der Waals surface area contributed by atoms with E-state index in [4.69, 9.17) is 4.74 Å². The van der Waals surface area contributed by atoms with Crippen molar-refractivity contribution >= 4 is 6.09 Å². The second-order valence-corrected chi connectivity index (χ2v) is 14.4. The van der Waals surface area contributed by atoms with Gasteiger partial charge in [-0.05, 0) is 185 Å². The van der Waals surface area contributed by atoms with E-state index in [1.807, 2.05) is 24.8 Å². The van der Waals surface area contributed by atoms with E-state index in [1.165, 1.54) is 33.4 Å². The molecule has 0 atom stereocenters. The van der Waals surface area contributed by atoms with Gasteiger partial charge >= 0.3 is 6.09 Å². The summed E-state index contributed by atoms with van der Waals surface area (Å²) < 4.78 is 6.51. The van der Waals surface area contributed by atoms with Gasteiger partial charge in [0.15, 0.2) is 0 Å². The molecule has 0 saturated heterocycles. The lowest BCUT2D eigenvalue weighted by Crippen LogP contribution is -2.43. The van der Waals surface area contributed by atoms with Gasteiger partial charge in [-0.25, -0.2) is 4.79 Å². The standard InChI is InChI=1S/C45H54N4O2/c1-26(2)49(27(3)4)25-24-48-45(50)51-44-38(42-32(9)28(5)40(29(6)33(42)10)36-16-20-46-21-17-36)14-13-15-39(44)43-34(11)30(7)41(31(8)35(43)12)37-18-22-47-23-19-37/h13-23,26-27H,24-25H2,1-12H3,(H,48,50). The Morgan fingerprint density at radius 1 is 0.588 bits per heavy atom. The SMILES string of the molecule is Cc1c(C)c(-c2cccc(-c3c(C)c(C)c(-c4ccncc4)c(C)c3C)c2OC(=O)NCCN(C(C)C)C(C)C)c(C)c(C)c1-c1ccncc1. The number of ether oxygens (including phenoxy) is 1. The van der Waals surface area contributed by atoms with Crippen LogP contribution in [0.4, 0.5) is 4.79 Å². The van der Waals surface area contributed by atoms with Crippen LogP contribution in [0.2, 0.25) is 0 Å². The molecule has 2 heterocycles. The molecule has 1 N–H and O–H groups in total. The van der Waals surface area contributed by atoms with Gasteiger partial charge in [0.25, 0.3) is 0 Å². The highest BCUT2D eigenvalue weighted by Gasteiger charge is 2.26. The van der Waals surface area contributed by atoms with Crippen molar-refractivity contribution in [1.29, 1.82) is 0 Å². The molecule has 0 aliphatic rings. The maximum Gasteiger partial charge on any atom is 0.412 e. The maximum absolute atomic E-state index is 13.8. The van der Waals surface area contributed by atoms with Crippen LogP contribution in [0.25, 0.3) is 44.5 Å². The average molecular weight is 683 g/mol. The molecule has 0 fully saturated rings. The molecule has 5 rings (SSSR count). The molecule has 2 aromatic heterocycles. The van der Waals surface area contributed by atoms with Crippen LogP contribution >= 0.6 is 0 Å². The molecular weight excluding hydrogens is 629 g/mol. The number of nitrogens with zero attached hydrogens (tertiary/aromatic N) is 3. The molecule has 0 radical (unpaired) electrons. The van der Waals surface area contributed by atoms with Crippen molar-refractivity contribution in [1.82, 2.24) is 20.2 Å². The summed E-state index contributed by atoms with van der Waals surface area (Å²) in [5, 5.41) is 3.08. The van der Waals surface area contributed by atoms with Crippen molar-refractivity contribution in [2.45, 2.75) is 95.2 Å². The quantitative estimate of drug-likeness (QED) is 0.159. The van der Waals surface area contributed by atoms with Crippen molar-refractivity contribution in [2.24, 2.45) is 0 Å². The summed E-state index contributed by atoms with van der Waals surface area (Å²) in [6.07, 6.45) is 6.92. The first-order chi connectivity index (χ1) is 24.3. The molecular formula is C45H54N4O2. The molecule has 0 bridgehead atoms. The highest BCUT2D eigenvalue weighted by Crippen LogP contribution is 2.48. The number of hydrogen-bond donors (Lipinski definition) is 1. The second-order valence-electron chi connectivity index (χ2n) is 14.4. The lowest BCUT2D eigenvalue weighted by Gasteiger charge is -2.30. The fourth-order valence-corrected chi connectivity index (χ4v) is 7.91. The Kier molecular flexibility index (Phi) is 11.5. The molecule has 0 spiro atoms. The Bertz CT molecular complexity index is 1860. The van der Waals surface area contributed by atoms with Gasteiger partial charge in [-0.15, -0.1) is 0 Å². The van der Waals surface area contributed by atoms with Gasteiger partial charge in [-0.1, -0.05) is 18.2 Å². The van der Waals surface area contributed by atoms with Gasteiger partial charge in [0.05, 0.1) is 0 Å². The number of amides is 1. The molecule has 51 heavy (non-hydrogen) atoms. The minimum atomic E-state index is -0.453. The number of pyridine rings is 2. The number of benzene rings is 3. The van der Waals surface area contributed by atoms with E-state index in [-0.39, 0.29) is 0 Å². The maximum atomic E-state index is 13.8. The number of rotatable bonds is 10. The summed E-state index contributed by atoms with van der Waals surface area (Å²) >= 11 is 0. The summed E-state index contributed by atoms with van der Waals surface area (Å²) in [7, 11) is 0. The highest BCUT2D eigenvalue weighted by atomic mass is 16.6. The molecule has 0 unspecified atom stereocenters. The summed E-state index contributed by atoms with van der Waals surface area (Å²) in [4.78, 5) is 24.7. The number of hydrogen-bond acceptors (Lipinski definition) is 5. The van der Waals surface area contributed by atoms with Crippen LogP contribution in [0.1, 0.15) is 72.2 Å². The summed E-state index contributed by atoms with van der Waals surface area (Å²) in [5.74, 6) is 0.572. The van der Waals surface area contributed by atoms with Crippen LogP contribution in [0.5, 0.6) is 5.75 Å².